The number of sulfonamides is 1. The molecule has 0 bridgehead atoms. The third kappa shape index (κ3) is 2.68. The number of aliphatic hydroxyl groups excluding tert-OH is 1. The average Bonchev–Trinajstić information content (AvgIpc) is 2.37. The second-order valence-electron chi connectivity index (χ2n) is 5.98. The van der Waals surface area contributed by atoms with Gasteiger partial charge in [0.25, 0.3) is 0 Å². The molecule has 7 heteroatoms. The molecule has 0 saturated heterocycles. The summed E-state index contributed by atoms with van der Waals surface area (Å²) in [6.45, 7) is 5.04. The van der Waals surface area contributed by atoms with Crippen LogP contribution in [-0.2, 0) is 10.0 Å². The molecule has 116 valence electrons. The highest BCUT2D eigenvalue weighted by molar-refractivity contribution is 7.89. The highest BCUT2D eigenvalue weighted by atomic mass is 32.2. The number of rotatable bonds is 4. The van der Waals surface area contributed by atoms with Crippen LogP contribution in [-0.4, -0.2) is 36.7 Å². The molecule has 2 unspecified atom stereocenters. The van der Waals surface area contributed by atoms with Crippen LogP contribution in [0.4, 0.5) is 0 Å². The third-order valence-corrected chi connectivity index (χ3v) is 5.93. The topological polar surface area (TPSA) is 104 Å². The normalized spacial score (nSPS) is 24.4. The average molecular weight is 313 g/mol. The molecule has 0 heterocycles. The van der Waals surface area contributed by atoms with Crippen molar-refractivity contribution in [1.82, 2.24) is 4.72 Å². The van der Waals surface area contributed by atoms with Gasteiger partial charge in [-0.25, -0.2) is 17.9 Å². The maximum Gasteiger partial charge on any atom is 0.335 e. The quantitative estimate of drug-likeness (QED) is 0.773. The van der Waals surface area contributed by atoms with Gasteiger partial charge in [-0.2, -0.15) is 0 Å². The summed E-state index contributed by atoms with van der Waals surface area (Å²) >= 11 is 0. The maximum absolute atomic E-state index is 12.4. The fraction of sp³-hybridized carbons (Fsp3) is 0.500. The first-order valence-electron chi connectivity index (χ1n) is 6.60. The van der Waals surface area contributed by atoms with Gasteiger partial charge in [-0.3, -0.25) is 0 Å². The van der Waals surface area contributed by atoms with Gasteiger partial charge < -0.3 is 10.2 Å². The van der Waals surface area contributed by atoms with Crippen molar-refractivity contribution in [2.45, 2.75) is 44.2 Å². The van der Waals surface area contributed by atoms with E-state index in [1.54, 1.807) is 13.8 Å². The Bertz CT molecular complexity index is 681. The second-order valence-corrected chi connectivity index (χ2v) is 7.66. The first kappa shape index (κ1) is 15.9. The Kier molecular flexibility index (Phi) is 3.86. The first-order valence-corrected chi connectivity index (χ1v) is 8.09. The molecule has 1 aromatic carbocycles. The number of carbonyl (C=O) groups is 1. The van der Waals surface area contributed by atoms with Crippen LogP contribution in [0.1, 0.15) is 36.2 Å². The number of aliphatic hydroxyl groups is 1. The summed E-state index contributed by atoms with van der Waals surface area (Å²) in [7, 11) is -3.83. The van der Waals surface area contributed by atoms with Crippen LogP contribution in [0.25, 0.3) is 0 Å². The fourth-order valence-electron chi connectivity index (χ4n) is 2.49. The van der Waals surface area contributed by atoms with Gasteiger partial charge in [0.05, 0.1) is 16.6 Å². The second kappa shape index (κ2) is 5.08. The van der Waals surface area contributed by atoms with Crippen LogP contribution in [0.15, 0.2) is 23.1 Å². The van der Waals surface area contributed by atoms with Crippen LogP contribution in [0.5, 0.6) is 0 Å². The van der Waals surface area contributed by atoms with Crippen LogP contribution in [0, 0.1) is 12.3 Å². The van der Waals surface area contributed by atoms with Crippen molar-refractivity contribution in [3.05, 3.63) is 29.3 Å². The third-order valence-electron chi connectivity index (χ3n) is 4.32. The van der Waals surface area contributed by atoms with Crippen LogP contribution in [0.2, 0.25) is 0 Å². The molecule has 2 rings (SSSR count). The zero-order valence-corrected chi connectivity index (χ0v) is 12.9. The molecular weight excluding hydrogens is 294 g/mol. The van der Waals surface area contributed by atoms with Gasteiger partial charge >= 0.3 is 5.97 Å². The first-order chi connectivity index (χ1) is 9.57. The summed E-state index contributed by atoms with van der Waals surface area (Å²) in [6.07, 6.45) is -0.194. The van der Waals surface area contributed by atoms with Crippen molar-refractivity contribution < 1.29 is 23.4 Å². The van der Waals surface area contributed by atoms with E-state index in [-0.39, 0.29) is 22.1 Å². The van der Waals surface area contributed by atoms with E-state index in [9.17, 15) is 18.3 Å². The van der Waals surface area contributed by atoms with Gasteiger partial charge in [-0.05, 0) is 31.0 Å². The van der Waals surface area contributed by atoms with Crippen molar-refractivity contribution in [2.24, 2.45) is 5.41 Å². The molecule has 0 amide bonds. The number of hydrogen-bond donors (Lipinski definition) is 3. The molecule has 0 spiro atoms. The molecule has 3 N–H and O–H groups in total. The van der Waals surface area contributed by atoms with E-state index >= 15 is 0 Å². The number of benzene rings is 1. The molecule has 0 radical (unpaired) electrons. The lowest BCUT2D eigenvalue weighted by Gasteiger charge is -2.49. The fourth-order valence-corrected chi connectivity index (χ4v) is 4.16. The molecule has 6 nitrogen and oxygen atoms in total. The monoisotopic (exact) mass is 313 g/mol. The number of carboxylic acid groups (broad SMARTS) is 1. The Hall–Kier alpha value is -1.44. The molecule has 21 heavy (non-hydrogen) atoms. The van der Waals surface area contributed by atoms with E-state index in [0.717, 1.165) is 0 Å². The molecule has 1 aliphatic rings. The highest BCUT2D eigenvalue weighted by Gasteiger charge is 2.49. The van der Waals surface area contributed by atoms with Crippen molar-refractivity contribution in [3.63, 3.8) is 0 Å². The lowest BCUT2D eigenvalue weighted by molar-refractivity contribution is -0.0645. The molecule has 2 atom stereocenters. The van der Waals surface area contributed by atoms with E-state index in [1.807, 2.05) is 0 Å². The summed E-state index contributed by atoms with van der Waals surface area (Å²) in [5, 5.41) is 18.7. The van der Waals surface area contributed by atoms with Gasteiger partial charge in [0.15, 0.2) is 0 Å². The van der Waals surface area contributed by atoms with E-state index in [1.165, 1.54) is 25.1 Å². The van der Waals surface area contributed by atoms with Gasteiger partial charge in [-0.1, -0.05) is 19.9 Å². The summed E-state index contributed by atoms with van der Waals surface area (Å²) in [5.41, 5.74) is -0.369. The Labute approximate surface area is 123 Å². The van der Waals surface area contributed by atoms with Gasteiger partial charge in [0.2, 0.25) is 10.0 Å². The summed E-state index contributed by atoms with van der Waals surface area (Å²) < 4.78 is 27.4. The smallest absolute Gasteiger partial charge is 0.335 e. The minimum Gasteiger partial charge on any atom is -0.478 e. The van der Waals surface area contributed by atoms with Crippen molar-refractivity contribution in [3.8, 4) is 0 Å². The number of aromatic carboxylic acids is 1. The minimum atomic E-state index is -3.83. The molecule has 0 aliphatic heterocycles. The Morgan fingerprint density at radius 1 is 1.38 bits per heavy atom. The van der Waals surface area contributed by atoms with Gasteiger partial charge in [0.1, 0.15) is 0 Å². The molecule has 1 aliphatic carbocycles. The van der Waals surface area contributed by atoms with E-state index < -0.39 is 27.5 Å². The van der Waals surface area contributed by atoms with Crippen LogP contribution < -0.4 is 4.72 Å². The zero-order chi connectivity index (χ0) is 16.0. The van der Waals surface area contributed by atoms with Gasteiger partial charge in [0, 0.05) is 11.5 Å². The predicted molar refractivity (Wildman–Crippen MR) is 76.7 cm³/mol. The minimum absolute atomic E-state index is 0.0363. The molecule has 1 aromatic rings. The lowest BCUT2D eigenvalue weighted by atomic mass is 9.65. The van der Waals surface area contributed by atoms with E-state index in [4.69, 9.17) is 5.11 Å². The number of hydrogen-bond acceptors (Lipinski definition) is 4. The Balaban J connectivity index is 2.34. The van der Waals surface area contributed by atoms with Crippen LogP contribution in [0.3, 0.4) is 0 Å². The summed E-state index contributed by atoms with van der Waals surface area (Å²) in [6, 6.07) is 3.79. The Morgan fingerprint density at radius 3 is 2.48 bits per heavy atom. The van der Waals surface area contributed by atoms with Crippen molar-refractivity contribution >= 4 is 16.0 Å². The molecular formula is C14H19NO5S. The largest absolute Gasteiger partial charge is 0.478 e. The van der Waals surface area contributed by atoms with Crippen molar-refractivity contribution in [1.29, 1.82) is 0 Å². The standard InChI is InChI=1S/C14H19NO5S/c1-8-9(13(17)18)5-4-6-10(8)21(19,20)15-11-7-12(16)14(11,2)3/h4-6,11-12,15-16H,7H2,1-3H3,(H,17,18). The molecule has 1 saturated carbocycles. The summed E-state index contributed by atoms with van der Waals surface area (Å²) in [4.78, 5) is 11.0. The van der Waals surface area contributed by atoms with E-state index in [2.05, 4.69) is 4.72 Å². The Morgan fingerprint density at radius 2 is 2.00 bits per heavy atom. The molecule has 0 aromatic heterocycles. The predicted octanol–water partition coefficient (Wildman–Crippen LogP) is 1.13. The highest BCUT2D eigenvalue weighted by Crippen LogP contribution is 2.41. The zero-order valence-electron chi connectivity index (χ0n) is 12.1. The number of carboxylic acids is 1. The summed E-state index contributed by atoms with van der Waals surface area (Å²) in [5.74, 6) is -1.16. The number of nitrogens with one attached hydrogen (secondary N) is 1. The van der Waals surface area contributed by atoms with Crippen molar-refractivity contribution in [2.75, 3.05) is 0 Å². The lowest BCUT2D eigenvalue weighted by Crippen LogP contribution is -2.61. The molecule has 1 fully saturated rings. The van der Waals surface area contributed by atoms with E-state index in [0.29, 0.717) is 6.42 Å². The maximum atomic E-state index is 12.4. The van der Waals surface area contributed by atoms with Gasteiger partial charge in [-0.15, -0.1) is 0 Å². The van der Waals surface area contributed by atoms with Crippen LogP contribution >= 0.6 is 0 Å². The SMILES string of the molecule is Cc1c(C(=O)O)cccc1S(=O)(=O)NC1CC(O)C1(C)C.